The molecular formula is C12H11F2N3O2. The third-order valence-corrected chi connectivity index (χ3v) is 2.42. The van der Waals surface area contributed by atoms with Gasteiger partial charge in [-0.25, -0.2) is 8.78 Å². The minimum atomic E-state index is -0.949. The quantitative estimate of drug-likeness (QED) is 0.830. The van der Waals surface area contributed by atoms with Gasteiger partial charge in [0.25, 0.3) is 5.91 Å². The average Bonchev–Trinajstić information content (AvgIpc) is 2.76. The highest BCUT2D eigenvalue weighted by Crippen LogP contribution is 2.17. The highest BCUT2D eigenvalue weighted by Gasteiger charge is 2.16. The number of nitrogens with two attached hydrogens (primary N) is 1. The van der Waals surface area contributed by atoms with Gasteiger partial charge in [-0.15, -0.1) is 0 Å². The molecule has 2 aromatic rings. The Labute approximate surface area is 107 Å². The predicted molar refractivity (Wildman–Crippen MR) is 63.2 cm³/mol. The number of benzene rings is 1. The first kappa shape index (κ1) is 13.0. The van der Waals surface area contributed by atoms with E-state index < -0.39 is 28.8 Å². The average molecular weight is 267 g/mol. The van der Waals surface area contributed by atoms with Crippen LogP contribution in [0.15, 0.2) is 22.7 Å². The van der Waals surface area contributed by atoms with Crippen LogP contribution in [0.1, 0.15) is 21.8 Å². The molecule has 0 saturated heterocycles. The molecule has 0 spiro atoms. The minimum absolute atomic E-state index is 0.0477. The molecule has 0 aliphatic carbocycles. The lowest BCUT2D eigenvalue weighted by molar-refractivity contribution is 0.0945. The standard InChI is InChI=1S/C12H11F2N3O2/c1-6-2-8(17-19-6)5-16-12(18)9-3-7(13)4-10(15)11(9)14/h2-4H,5,15H2,1H3,(H,16,18). The van der Waals surface area contributed by atoms with Gasteiger partial charge in [0.05, 0.1) is 17.8 Å². The van der Waals surface area contributed by atoms with Crippen molar-refractivity contribution < 1.29 is 18.1 Å². The molecule has 0 aliphatic rings. The van der Waals surface area contributed by atoms with E-state index in [2.05, 4.69) is 10.5 Å². The Balaban J connectivity index is 2.12. The van der Waals surface area contributed by atoms with Gasteiger partial charge in [-0.1, -0.05) is 5.16 Å². The normalized spacial score (nSPS) is 10.5. The smallest absolute Gasteiger partial charge is 0.254 e. The molecule has 0 bridgehead atoms. The van der Waals surface area contributed by atoms with Gasteiger partial charge in [-0.3, -0.25) is 4.79 Å². The summed E-state index contributed by atoms with van der Waals surface area (Å²) in [7, 11) is 0. The van der Waals surface area contributed by atoms with E-state index >= 15 is 0 Å². The van der Waals surface area contributed by atoms with Crippen molar-refractivity contribution in [3.8, 4) is 0 Å². The second kappa shape index (κ2) is 5.05. The van der Waals surface area contributed by atoms with Gasteiger partial charge in [-0.05, 0) is 19.1 Å². The molecule has 0 fully saturated rings. The number of nitrogens with one attached hydrogen (secondary N) is 1. The number of aromatic nitrogens is 1. The zero-order valence-corrected chi connectivity index (χ0v) is 10.0. The number of nitrogen functional groups attached to an aromatic ring is 1. The molecule has 1 heterocycles. The Hall–Kier alpha value is -2.44. The fraction of sp³-hybridized carbons (Fsp3) is 0.167. The van der Waals surface area contributed by atoms with E-state index in [1.807, 2.05) is 0 Å². The van der Waals surface area contributed by atoms with Crippen LogP contribution in [0.4, 0.5) is 14.5 Å². The maximum atomic E-state index is 13.6. The monoisotopic (exact) mass is 267 g/mol. The molecule has 0 radical (unpaired) electrons. The summed E-state index contributed by atoms with van der Waals surface area (Å²) < 4.78 is 31.5. The number of hydrogen-bond donors (Lipinski definition) is 2. The number of carbonyl (C=O) groups excluding carboxylic acids is 1. The highest BCUT2D eigenvalue weighted by molar-refractivity contribution is 5.95. The van der Waals surface area contributed by atoms with E-state index in [1.54, 1.807) is 13.0 Å². The second-order valence-corrected chi connectivity index (χ2v) is 3.97. The van der Waals surface area contributed by atoms with Gasteiger partial charge >= 0.3 is 0 Å². The Morgan fingerprint density at radius 1 is 1.42 bits per heavy atom. The number of halogens is 2. The van der Waals surface area contributed by atoms with E-state index in [0.717, 1.165) is 12.1 Å². The van der Waals surface area contributed by atoms with Crippen LogP contribution in [0.2, 0.25) is 0 Å². The molecular weight excluding hydrogens is 256 g/mol. The first-order chi connectivity index (χ1) is 8.97. The first-order valence-electron chi connectivity index (χ1n) is 5.42. The van der Waals surface area contributed by atoms with Gasteiger partial charge in [-0.2, -0.15) is 0 Å². The summed E-state index contributed by atoms with van der Waals surface area (Å²) in [6, 6.07) is 3.22. The molecule has 1 aromatic heterocycles. The van der Waals surface area contributed by atoms with Crippen molar-refractivity contribution >= 4 is 11.6 Å². The van der Waals surface area contributed by atoms with Gasteiger partial charge in [0, 0.05) is 6.07 Å². The van der Waals surface area contributed by atoms with E-state index in [4.69, 9.17) is 10.3 Å². The molecule has 1 aromatic carbocycles. The molecule has 0 unspecified atom stereocenters. The number of hydrogen-bond acceptors (Lipinski definition) is 4. The van der Waals surface area contributed by atoms with Crippen molar-refractivity contribution in [1.29, 1.82) is 0 Å². The van der Waals surface area contributed by atoms with Gasteiger partial charge < -0.3 is 15.6 Å². The number of amides is 1. The van der Waals surface area contributed by atoms with Gasteiger partial charge in [0.1, 0.15) is 17.3 Å². The van der Waals surface area contributed by atoms with Crippen molar-refractivity contribution in [2.45, 2.75) is 13.5 Å². The number of rotatable bonds is 3. The molecule has 0 aliphatic heterocycles. The number of anilines is 1. The van der Waals surface area contributed by atoms with E-state index in [9.17, 15) is 13.6 Å². The molecule has 0 saturated carbocycles. The lowest BCUT2D eigenvalue weighted by Gasteiger charge is -2.06. The summed E-state index contributed by atoms with van der Waals surface area (Å²) in [4.78, 5) is 11.7. The van der Waals surface area contributed by atoms with Crippen molar-refractivity contribution in [2.24, 2.45) is 0 Å². The lowest BCUT2D eigenvalue weighted by Crippen LogP contribution is -2.24. The van der Waals surface area contributed by atoms with E-state index in [1.165, 1.54) is 0 Å². The zero-order chi connectivity index (χ0) is 14.0. The summed E-state index contributed by atoms with van der Waals surface area (Å²) in [6.45, 7) is 1.75. The maximum absolute atomic E-state index is 13.6. The van der Waals surface area contributed by atoms with Crippen molar-refractivity contribution in [2.75, 3.05) is 5.73 Å². The van der Waals surface area contributed by atoms with Crippen LogP contribution in [0, 0.1) is 18.6 Å². The van der Waals surface area contributed by atoms with Crippen molar-refractivity contribution in [3.63, 3.8) is 0 Å². The highest BCUT2D eigenvalue weighted by atomic mass is 19.1. The third kappa shape index (κ3) is 2.87. The van der Waals surface area contributed by atoms with Crippen LogP contribution in [0.25, 0.3) is 0 Å². The Bertz CT molecular complexity index is 625. The maximum Gasteiger partial charge on any atom is 0.254 e. The minimum Gasteiger partial charge on any atom is -0.396 e. The summed E-state index contributed by atoms with van der Waals surface area (Å²) in [6.07, 6.45) is 0. The van der Waals surface area contributed by atoms with Crippen LogP contribution >= 0.6 is 0 Å². The second-order valence-electron chi connectivity index (χ2n) is 3.97. The summed E-state index contributed by atoms with van der Waals surface area (Å²) >= 11 is 0. The predicted octanol–water partition coefficient (Wildman–Crippen LogP) is 1.77. The summed E-state index contributed by atoms with van der Waals surface area (Å²) in [5.41, 5.74) is 4.87. The van der Waals surface area contributed by atoms with Gasteiger partial charge in [0.2, 0.25) is 0 Å². The number of aryl methyl sites for hydroxylation is 1. The SMILES string of the molecule is Cc1cc(CNC(=O)c2cc(F)cc(N)c2F)no1. The van der Waals surface area contributed by atoms with Crippen LogP contribution in [0.3, 0.4) is 0 Å². The molecule has 2 rings (SSSR count). The molecule has 100 valence electrons. The third-order valence-electron chi connectivity index (χ3n) is 2.42. The summed E-state index contributed by atoms with van der Waals surface area (Å²) in [5, 5.41) is 6.06. The molecule has 7 heteroatoms. The van der Waals surface area contributed by atoms with Crippen LogP contribution in [0.5, 0.6) is 0 Å². The van der Waals surface area contributed by atoms with E-state index in [-0.39, 0.29) is 6.54 Å². The molecule has 0 atom stereocenters. The van der Waals surface area contributed by atoms with Crippen LogP contribution in [-0.2, 0) is 6.54 Å². The topological polar surface area (TPSA) is 81.2 Å². The summed E-state index contributed by atoms with van der Waals surface area (Å²) in [5.74, 6) is -1.91. The van der Waals surface area contributed by atoms with Crippen molar-refractivity contribution in [3.05, 3.63) is 46.9 Å². The molecule has 3 N–H and O–H groups in total. The van der Waals surface area contributed by atoms with Crippen molar-refractivity contribution in [1.82, 2.24) is 10.5 Å². The zero-order valence-electron chi connectivity index (χ0n) is 10.0. The Kier molecular flexibility index (Phi) is 3.46. The molecule has 5 nitrogen and oxygen atoms in total. The lowest BCUT2D eigenvalue weighted by atomic mass is 10.1. The fourth-order valence-corrected chi connectivity index (χ4v) is 1.54. The van der Waals surface area contributed by atoms with Gasteiger partial charge in [0.15, 0.2) is 5.82 Å². The number of carbonyl (C=O) groups is 1. The first-order valence-corrected chi connectivity index (χ1v) is 5.42. The molecule has 1 amide bonds. The Morgan fingerprint density at radius 3 is 2.79 bits per heavy atom. The molecule has 19 heavy (non-hydrogen) atoms. The fourth-order valence-electron chi connectivity index (χ4n) is 1.54. The largest absolute Gasteiger partial charge is 0.396 e. The van der Waals surface area contributed by atoms with Crippen LogP contribution in [-0.4, -0.2) is 11.1 Å². The van der Waals surface area contributed by atoms with Crippen LogP contribution < -0.4 is 11.1 Å². The van der Waals surface area contributed by atoms with E-state index in [0.29, 0.717) is 11.5 Å². The Morgan fingerprint density at radius 2 is 2.16 bits per heavy atom. The number of nitrogens with zero attached hydrogens (tertiary/aromatic N) is 1.